The van der Waals surface area contributed by atoms with E-state index in [1.807, 2.05) is 18.2 Å². The van der Waals surface area contributed by atoms with E-state index in [-0.39, 0.29) is 25.5 Å². The molecule has 0 spiro atoms. The maximum Gasteiger partial charge on any atom is 0.261 e. The Morgan fingerprint density at radius 3 is 2.90 bits per heavy atom. The third-order valence-electron chi connectivity index (χ3n) is 2.55. The van der Waals surface area contributed by atoms with Gasteiger partial charge < -0.3 is 15.2 Å². The van der Waals surface area contributed by atoms with E-state index in [4.69, 9.17) is 5.11 Å². The van der Waals surface area contributed by atoms with Crippen molar-refractivity contribution in [1.29, 1.82) is 0 Å². The number of benzene rings is 1. The summed E-state index contributed by atoms with van der Waals surface area (Å²) in [6.07, 6.45) is -1.08. The highest BCUT2D eigenvalue weighted by Gasteiger charge is 2.05. The first-order chi connectivity index (χ1) is 9.61. The van der Waals surface area contributed by atoms with E-state index in [2.05, 4.69) is 10.1 Å². The van der Waals surface area contributed by atoms with E-state index in [0.717, 1.165) is 12.0 Å². The zero-order valence-corrected chi connectivity index (χ0v) is 11.1. The van der Waals surface area contributed by atoms with Crippen molar-refractivity contribution >= 4 is 11.6 Å². The Labute approximate surface area is 116 Å². The highest BCUT2D eigenvalue weighted by molar-refractivity contribution is 5.90. The summed E-state index contributed by atoms with van der Waals surface area (Å²) in [5.74, 6) is -0.279. The van der Waals surface area contributed by atoms with Crippen molar-refractivity contribution in [1.82, 2.24) is 0 Å². The number of carbonyl (C=O) groups excluding carboxylic acids is 1. The number of ether oxygens (including phenoxy) is 1. The van der Waals surface area contributed by atoms with Crippen LogP contribution in [0, 0.1) is 0 Å². The molecule has 1 rings (SSSR count). The number of alkyl halides is 2. The summed E-state index contributed by atoms with van der Waals surface area (Å²) in [5.41, 5.74) is 1.67. The molecule has 1 aromatic carbocycles. The lowest BCUT2D eigenvalue weighted by atomic mass is 10.1. The number of carbonyl (C=O) groups is 1. The summed E-state index contributed by atoms with van der Waals surface area (Å²) >= 11 is 0. The molecule has 0 fully saturated rings. The highest BCUT2D eigenvalue weighted by atomic mass is 19.3. The summed E-state index contributed by atoms with van der Waals surface area (Å²) in [4.78, 5) is 11.6. The molecule has 0 aromatic heterocycles. The molecule has 1 aromatic rings. The van der Waals surface area contributed by atoms with Crippen molar-refractivity contribution in [3.05, 3.63) is 29.8 Å². The quantitative estimate of drug-likeness (QED) is 0.685. The largest absolute Gasteiger partial charge is 0.396 e. The predicted molar refractivity (Wildman–Crippen MR) is 71.9 cm³/mol. The summed E-state index contributed by atoms with van der Waals surface area (Å²) in [6, 6.07) is 7.31. The number of aliphatic hydroxyl groups is 1. The Balaban J connectivity index is 2.33. The van der Waals surface area contributed by atoms with Crippen molar-refractivity contribution in [2.24, 2.45) is 0 Å². The molecular weight excluding hydrogens is 268 g/mol. The number of halogens is 2. The molecule has 0 saturated carbocycles. The van der Waals surface area contributed by atoms with Gasteiger partial charge in [-0.25, -0.2) is 8.78 Å². The molecule has 6 heteroatoms. The Hall–Kier alpha value is -1.53. The smallest absolute Gasteiger partial charge is 0.261 e. The SMILES string of the molecule is O=C(CCOCC(F)F)Nc1cccc(CCCO)c1. The molecule has 0 bridgehead atoms. The lowest BCUT2D eigenvalue weighted by Crippen LogP contribution is -2.15. The van der Waals surface area contributed by atoms with Crippen molar-refractivity contribution in [3.8, 4) is 0 Å². The molecule has 0 saturated heterocycles. The molecule has 0 radical (unpaired) electrons. The number of amides is 1. The van der Waals surface area contributed by atoms with Gasteiger partial charge in [0.1, 0.15) is 6.61 Å². The molecule has 2 N–H and O–H groups in total. The first-order valence-corrected chi connectivity index (χ1v) is 6.47. The fourth-order valence-corrected chi connectivity index (χ4v) is 1.65. The van der Waals surface area contributed by atoms with Crippen LogP contribution in [0.4, 0.5) is 14.5 Å². The van der Waals surface area contributed by atoms with E-state index in [0.29, 0.717) is 12.1 Å². The molecule has 0 aliphatic heterocycles. The zero-order chi connectivity index (χ0) is 14.8. The van der Waals surface area contributed by atoms with E-state index in [1.54, 1.807) is 6.07 Å². The average Bonchev–Trinajstić information content (AvgIpc) is 2.41. The highest BCUT2D eigenvalue weighted by Crippen LogP contribution is 2.12. The second-order valence-electron chi connectivity index (χ2n) is 4.29. The van der Waals surface area contributed by atoms with Crippen molar-refractivity contribution in [2.75, 3.05) is 25.1 Å². The van der Waals surface area contributed by atoms with E-state index in [1.165, 1.54) is 0 Å². The van der Waals surface area contributed by atoms with Gasteiger partial charge in [0.2, 0.25) is 5.91 Å². The lowest BCUT2D eigenvalue weighted by molar-refractivity contribution is -0.117. The van der Waals surface area contributed by atoms with E-state index in [9.17, 15) is 13.6 Å². The van der Waals surface area contributed by atoms with Crippen molar-refractivity contribution in [3.63, 3.8) is 0 Å². The van der Waals surface area contributed by atoms with Gasteiger partial charge in [0.25, 0.3) is 6.43 Å². The number of hydrogen-bond acceptors (Lipinski definition) is 3. The zero-order valence-electron chi connectivity index (χ0n) is 11.1. The molecule has 4 nitrogen and oxygen atoms in total. The monoisotopic (exact) mass is 287 g/mol. The fourth-order valence-electron chi connectivity index (χ4n) is 1.65. The second-order valence-corrected chi connectivity index (χ2v) is 4.29. The minimum absolute atomic E-state index is 0.0274. The van der Waals surface area contributed by atoms with Gasteiger partial charge >= 0.3 is 0 Å². The minimum atomic E-state index is -2.51. The van der Waals surface area contributed by atoms with Crippen LogP contribution in [-0.4, -0.2) is 37.3 Å². The Bertz CT molecular complexity index is 413. The topological polar surface area (TPSA) is 58.6 Å². The van der Waals surface area contributed by atoms with Gasteiger partial charge in [0.15, 0.2) is 0 Å². The molecule has 112 valence electrons. The number of aryl methyl sites for hydroxylation is 1. The van der Waals surface area contributed by atoms with Crippen LogP contribution in [0.15, 0.2) is 24.3 Å². The van der Waals surface area contributed by atoms with Gasteiger partial charge in [0.05, 0.1) is 13.0 Å². The van der Waals surface area contributed by atoms with Gasteiger partial charge in [-0.2, -0.15) is 0 Å². The summed E-state index contributed by atoms with van der Waals surface area (Å²) < 4.78 is 28.3. The second kappa shape index (κ2) is 9.39. The van der Waals surface area contributed by atoms with E-state index < -0.39 is 13.0 Å². The maximum atomic E-state index is 11.8. The van der Waals surface area contributed by atoms with Gasteiger partial charge in [-0.3, -0.25) is 4.79 Å². The summed E-state index contributed by atoms with van der Waals surface area (Å²) in [5, 5.41) is 11.4. The Kier molecular flexibility index (Phi) is 7.75. The van der Waals surface area contributed by atoms with Crippen LogP contribution in [0.2, 0.25) is 0 Å². The summed E-state index contributed by atoms with van der Waals surface area (Å²) in [6.45, 7) is -0.553. The molecule has 20 heavy (non-hydrogen) atoms. The van der Waals surface area contributed by atoms with Crippen LogP contribution in [0.5, 0.6) is 0 Å². The van der Waals surface area contributed by atoms with Gasteiger partial charge in [-0.1, -0.05) is 12.1 Å². The normalized spacial score (nSPS) is 10.8. The molecule has 0 aliphatic rings. The fraction of sp³-hybridized carbons (Fsp3) is 0.500. The van der Waals surface area contributed by atoms with Gasteiger partial charge in [-0.15, -0.1) is 0 Å². The maximum absolute atomic E-state index is 11.8. The van der Waals surface area contributed by atoms with Gasteiger partial charge in [0, 0.05) is 12.3 Å². The van der Waals surface area contributed by atoms with Crippen molar-refractivity contribution in [2.45, 2.75) is 25.7 Å². The van der Waals surface area contributed by atoms with Crippen LogP contribution in [0.3, 0.4) is 0 Å². The standard InChI is InChI=1S/C14H19F2NO3/c15-13(16)10-20-8-6-14(19)17-12-5-1-3-11(9-12)4-2-7-18/h1,3,5,9,13,18H,2,4,6-8,10H2,(H,17,19). The minimum Gasteiger partial charge on any atom is -0.396 e. The Morgan fingerprint density at radius 1 is 1.40 bits per heavy atom. The lowest BCUT2D eigenvalue weighted by Gasteiger charge is -2.08. The third kappa shape index (κ3) is 7.16. The molecule has 1 amide bonds. The first-order valence-electron chi connectivity index (χ1n) is 6.47. The van der Waals surface area contributed by atoms with Crippen LogP contribution in [0.25, 0.3) is 0 Å². The van der Waals surface area contributed by atoms with E-state index >= 15 is 0 Å². The molecule has 0 heterocycles. The summed E-state index contributed by atoms with van der Waals surface area (Å²) in [7, 11) is 0. The molecule has 0 unspecified atom stereocenters. The van der Waals surface area contributed by atoms with Crippen LogP contribution in [-0.2, 0) is 16.0 Å². The molecule has 0 atom stereocenters. The predicted octanol–water partition coefficient (Wildman–Crippen LogP) is 2.22. The Morgan fingerprint density at radius 2 is 2.20 bits per heavy atom. The number of hydrogen-bond donors (Lipinski definition) is 2. The van der Waals surface area contributed by atoms with Crippen molar-refractivity contribution < 1.29 is 23.4 Å². The number of rotatable bonds is 9. The van der Waals surface area contributed by atoms with Crippen LogP contribution < -0.4 is 5.32 Å². The molecular formula is C14H19F2NO3. The third-order valence-corrected chi connectivity index (χ3v) is 2.55. The molecule has 0 aliphatic carbocycles. The van der Waals surface area contributed by atoms with Crippen LogP contribution >= 0.6 is 0 Å². The van der Waals surface area contributed by atoms with Gasteiger partial charge in [-0.05, 0) is 30.5 Å². The average molecular weight is 287 g/mol. The number of anilines is 1. The van der Waals surface area contributed by atoms with Crippen LogP contribution in [0.1, 0.15) is 18.4 Å². The number of nitrogens with one attached hydrogen (secondary N) is 1. The number of aliphatic hydroxyl groups excluding tert-OH is 1. The first kappa shape index (κ1) is 16.5.